The molecule has 3 aliphatic rings. The minimum Gasteiger partial charge on any atom is -0.466 e. The highest BCUT2D eigenvalue weighted by atomic mass is 16.5. The molecule has 3 saturated heterocycles. The van der Waals surface area contributed by atoms with Crippen LogP contribution in [0.25, 0.3) is 0 Å². The first-order valence-corrected chi connectivity index (χ1v) is 9.66. The Bertz CT molecular complexity index is 453. The van der Waals surface area contributed by atoms with Gasteiger partial charge in [0.05, 0.1) is 19.8 Å². The Balaban J connectivity index is 1.42. The molecule has 2 unspecified atom stereocenters. The molecule has 1 amide bonds. The van der Waals surface area contributed by atoms with Gasteiger partial charge >= 0.3 is 5.97 Å². The van der Waals surface area contributed by atoms with Crippen LogP contribution < -0.4 is 5.32 Å². The summed E-state index contributed by atoms with van der Waals surface area (Å²) >= 11 is 0. The van der Waals surface area contributed by atoms with Gasteiger partial charge in [0.25, 0.3) is 0 Å². The van der Waals surface area contributed by atoms with Crippen molar-refractivity contribution < 1.29 is 19.1 Å². The molecule has 7 heteroatoms. The number of nitrogens with one attached hydrogen (secondary N) is 1. The molecule has 25 heavy (non-hydrogen) atoms. The zero-order chi connectivity index (χ0) is 17.6. The number of carbonyl (C=O) groups is 2. The monoisotopic (exact) mass is 353 g/mol. The fourth-order valence-electron chi connectivity index (χ4n) is 4.46. The molecule has 7 nitrogen and oxygen atoms in total. The number of hydrogen-bond donors (Lipinski definition) is 1. The SMILES string of the molecule is CCOC(=O)CC(=O)NC1CC2CCC(C1)N2CCN1CCOCC1. The van der Waals surface area contributed by atoms with Gasteiger partial charge in [-0.25, -0.2) is 0 Å². The van der Waals surface area contributed by atoms with Crippen molar-refractivity contribution in [3.8, 4) is 0 Å². The molecule has 2 bridgehead atoms. The van der Waals surface area contributed by atoms with E-state index in [-0.39, 0.29) is 18.4 Å². The first kappa shape index (κ1) is 18.6. The third-order valence-electron chi connectivity index (χ3n) is 5.64. The van der Waals surface area contributed by atoms with Crippen LogP contribution in [0.15, 0.2) is 0 Å². The number of carbonyl (C=O) groups excluding carboxylic acids is 2. The highest BCUT2D eigenvalue weighted by molar-refractivity contribution is 5.94. The van der Waals surface area contributed by atoms with Crippen LogP contribution in [0.2, 0.25) is 0 Å². The minimum atomic E-state index is -0.439. The lowest BCUT2D eigenvalue weighted by Crippen LogP contribution is -2.52. The number of amides is 1. The molecule has 3 rings (SSSR count). The molecular weight excluding hydrogens is 322 g/mol. The third kappa shape index (κ3) is 5.15. The van der Waals surface area contributed by atoms with Gasteiger partial charge in [-0.15, -0.1) is 0 Å². The molecule has 0 aromatic rings. The summed E-state index contributed by atoms with van der Waals surface area (Å²) in [4.78, 5) is 28.5. The van der Waals surface area contributed by atoms with Crippen molar-refractivity contribution in [1.29, 1.82) is 0 Å². The number of fused-ring (bicyclic) bond motifs is 2. The van der Waals surface area contributed by atoms with Gasteiger partial charge in [-0.1, -0.05) is 0 Å². The molecule has 3 heterocycles. The average Bonchev–Trinajstić information content (AvgIpc) is 2.83. The van der Waals surface area contributed by atoms with E-state index >= 15 is 0 Å². The van der Waals surface area contributed by atoms with Gasteiger partial charge in [-0.2, -0.15) is 0 Å². The highest BCUT2D eigenvalue weighted by Gasteiger charge is 2.40. The Kier molecular flexibility index (Phi) is 6.67. The molecule has 0 aromatic carbocycles. The lowest BCUT2D eigenvalue weighted by atomic mass is 9.97. The van der Waals surface area contributed by atoms with E-state index in [1.807, 2.05) is 0 Å². The Morgan fingerprint density at radius 3 is 2.44 bits per heavy atom. The van der Waals surface area contributed by atoms with Crippen LogP contribution in [0.5, 0.6) is 0 Å². The molecular formula is C18H31N3O4. The maximum absolute atomic E-state index is 12.0. The van der Waals surface area contributed by atoms with Crippen LogP contribution in [0.1, 0.15) is 39.0 Å². The van der Waals surface area contributed by atoms with Crippen LogP contribution in [-0.2, 0) is 19.1 Å². The van der Waals surface area contributed by atoms with E-state index in [1.165, 1.54) is 12.8 Å². The second-order valence-electron chi connectivity index (χ2n) is 7.29. The second kappa shape index (κ2) is 8.96. The molecule has 0 saturated carbocycles. The van der Waals surface area contributed by atoms with Crippen molar-refractivity contribution in [2.75, 3.05) is 46.0 Å². The second-order valence-corrected chi connectivity index (χ2v) is 7.29. The van der Waals surface area contributed by atoms with E-state index in [4.69, 9.17) is 9.47 Å². The Hall–Kier alpha value is -1.18. The van der Waals surface area contributed by atoms with E-state index in [0.29, 0.717) is 18.7 Å². The van der Waals surface area contributed by atoms with Gasteiger partial charge < -0.3 is 14.8 Å². The number of ether oxygens (including phenoxy) is 2. The van der Waals surface area contributed by atoms with Crippen LogP contribution in [0.4, 0.5) is 0 Å². The molecule has 3 aliphatic heterocycles. The summed E-state index contributed by atoms with van der Waals surface area (Å²) in [6.07, 6.45) is 4.26. The van der Waals surface area contributed by atoms with Gasteiger partial charge in [0.15, 0.2) is 0 Å². The van der Waals surface area contributed by atoms with E-state index in [0.717, 1.165) is 52.2 Å². The summed E-state index contributed by atoms with van der Waals surface area (Å²) in [6.45, 7) is 8.06. The zero-order valence-electron chi connectivity index (χ0n) is 15.2. The standard InChI is InChI=1S/C18H31N3O4/c1-2-25-18(23)13-17(22)19-14-11-15-3-4-16(12-14)21(15)6-5-20-7-9-24-10-8-20/h14-16H,2-13H2,1H3,(H,19,22). The number of hydrogen-bond acceptors (Lipinski definition) is 6. The highest BCUT2D eigenvalue weighted by Crippen LogP contribution is 2.35. The summed E-state index contributed by atoms with van der Waals surface area (Å²) < 4.78 is 10.3. The predicted octanol–water partition coefficient (Wildman–Crippen LogP) is 0.383. The van der Waals surface area contributed by atoms with Crippen LogP contribution in [0, 0.1) is 0 Å². The molecule has 1 N–H and O–H groups in total. The molecule has 0 spiro atoms. The molecule has 0 aliphatic carbocycles. The molecule has 0 aromatic heterocycles. The quantitative estimate of drug-likeness (QED) is 0.527. The van der Waals surface area contributed by atoms with Gasteiger partial charge in [0.2, 0.25) is 5.91 Å². The fraction of sp³-hybridized carbons (Fsp3) is 0.889. The van der Waals surface area contributed by atoms with E-state index in [2.05, 4.69) is 15.1 Å². The normalized spacial score (nSPS) is 30.2. The summed E-state index contributed by atoms with van der Waals surface area (Å²) in [6, 6.07) is 1.32. The largest absolute Gasteiger partial charge is 0.466 e. The fourth-order valence-corrected chi connectivity index (χ4v) is 4.46. The Morgan fingerprint density at radius 1 is 1.12 bits per heavy atom. The van der Waals surface area contributed by atoms with Crippen LogP contribution in [-0.4, -0.2) is 85.8 Å². The zero-order valence-corrected chi connectivity index (χ0v) is 15.2. The Labute approximate surface area is 150 Å². The van der Waals surface area contributed by atoms with E-state index in [1.54, 1.807) is 6.92 Å². The van der Waals surface area contributed by atoms with E-state index in [9.17, 15) is 9.59 Å². The van der Waals surface area contributed by atoms with Crippen molar-refractivity contribution in [1.82, 2.24) is 15.1 Å². The van der Waals surface area contributed by atoms with Crippen molar-refractivity contribution >= 4 is 11.9 Å². The van der Waals surface area contributed by atoms with Crippen molar-refractivity contribution in [3.05, 3.63) is 0 Å². The Morgan fingerprint density at radius 2 is 1.80 bits per heavy atom. The lowest BCUT2D eigenvalue weighted by molar-refractivity contribution is -0.146. The maximum atomic E-state index is 12.0. The first-order chi connectivity index (χ1) is 12.2. The predicted molar refractivity (Wildman–Crippen MR) is 93.2 cm³/mol. The number of esters is 1. The maximum Gasteiger partial charge on any atom is 0.315 e. The third-order valence-corrected chi connectivity index (χ3v) is 5.64. The average molecular weight is 353 g/mol. The topological polar surface area (TPSA) is 71.1 Å². The molecule has 3 fully saturated rings. The van der Waals surface area contributed by atoms with Crippen LogP contribution in [0.3, 0.4) is 0 Å². The summed E-state index contributed by atoms with van der Waals surface area (Å²) in [7, 11) is 0. The summed E-state index contributed by atoms with van der Waals surface area (Å²) in [5, 5.41) is 3.04. The lowest BCUT2D eigenvalue weighted by Gasteiger charge is -2.40. The molecule has 142 valence electrons. The number of piperidine rings is 1. The summed E-state index contributed by atoms with van der Waals surface area (Å²) in [5.74, 6) is -0.643. The van der Waals surface area contributed by atoms with Gasteiger partial charge in [-0.05, 0) is 32.6 Å². The first-order valence-electron chi connectivity index (χ1n) is 9.66. The molecule has 0 radical (unpaired) electrons. The van der Waals surface area contributed by atoms with Crippen molar-refractivity contribution in [3.63, 3.8) is 0 Å². The number of nitrogens with zero attached hydrogens (tertiary/aromatic N) is 2. The number of rotatable bonds is 7. The molecule has 2 atom stereocenters. The van der Waals surface area contributed by atoms with Crippen molar-refractivity contribution in [2.45, 2.75) is 57.2 Å². The summed E-state index contributed by atoms with van der Waals surface area (Å²) in [5.41, 5.74) is 0. The van der Waals surface area contributed by atoms with Gasteiger partial charge in [-0.3, -0.25) is 19.4 Å². The minimum absolute atomic E-state index is 0.166. The number of morpholine rings is 1. The van der Waals surface area contributed by atoms with Gasteiger partial charge in [0, 0.05) is 44.3 Å². The smallest absolute Gasteiger partial charge is 0.315 e. The van der Waals surface area contributed by atoms with Crippen LogP contribution >= 0.6 is 0 Å². The van der Waals surface area contributed by atoms with E-state index < -0.39 is 5.97 Å². The van der Waals surface area contributed by atoms with Crippen molar-refractivity contribution in [2.24, 2.45) is 0 Å². The van der Waals surface area contributed by atoms with Gasteiger partial charge in [0.1, 0.15) is 6.42 Å².